The Morgan fingerprint density at radius 1 is 1.21 bits per heavy atom. The van der Waals surface area contributed by atoms with Crippen molar-refractivity contribution in [2.45, 2.75) is 25.9 Å². The Morgan fingerprint density at radius 2 is 2.04 bits per heavy atom. The van der Waals surface area contributed by atoms with Crippen LogP contribution in [0.25, 0.3) is 10.9 Å². The maximum absolute atomic E-state index is 12.6. The molecule has 5 nitrogen and oxygen atoms in total. The van der Waals surface area contributed by atoms with Gasteiger partial charge in [0.2, 0.25) is 0 Å². The van der Waals surface area contributed by atoms with Crippen LogP contribution in [0.5, 0.6) is 0 Å². The summed E-state index contributed by atoms with van der Waals surface area (Å²) in [6.45, 7) is 3.41. The van der Waals surface area contributed by atoms with Crippen LogP contribution in [-0.2, 0) is 13.0 Å². The van der Waals surface area contributed by atoms with E-state index in [1.54, 1.807) is 0 Å². The van der Waals surface area contributed by atoms with Gasteiger partial charge in [0, 0.05) is 30.2 Å². The van der Waals surface area contributed by atoms with Gasteiger partial charge in [-0.05, 0) is 30.5 Å². The average Bonchev–Trinajstić information content (AvgIpc) is 3.01. The highest BCUT2D eigenvalue weighted by atomic mass is 16.1. The summed E-state index contributed by atoms with van der Waals surface area (Å²) in [7, 11) is 0. The van der Waals surface area contributed by atoms with E-state index in [1.165, 1.54) is 11.1 Å². The van der Waals surface area contributed by atoms with Crippen LogP contribution in [0.2, 0.25) is 0 Å². The van der Waals surface area contributed by atoms with Gasteiger partial charge in [0.1, 0.15) is 5.52 Å². The number of nitrogens with zero attached hydrogens (tertiary/aromatic N) is 1. The molecular weight excluding hydrogens is 300 g/mol. The molecule has 122 valence electrons. The predicted molar refractivity (Wildman–Crippen MR) is 93.9 cm³/mol. The molecule has 3 aromatic rings. The molecule has 0 aliphatic carbocycles. The fourth-order valence-electron chi connectivity index (χ4n) is 3.33. The number of aromatic amines is 1. The lowest BCUT2D eigenvalue weighted by molar-refractivity contribution is 0.0950. The molecule has 4 rings (SSSR count). The first-order valence-electron chi connectivity index (χ1n) is 8.24. The number of nitrogens with one attached hydrogen (secondary N) is 3. The summed E-state index contributed by atoms with van der Waals surface area (Å²) in [4.78, 5) is 12.6. The van der Waals surface area contributed by atoms with Crippen molar-refractivity contribution in [3.05, 3.63) is 64.8 Å². The normalized spacial score (nSPS) is 16.8. The Bertz CT molecular complexity index is 899. The van der Waals surface area contributed by atoms with Crippen molar-refractivity contribution in [2.24, 2.45) is 0 Å². The molecule has 1 aromatic heterocycles. The molecule has 0 bridgehead atoms. The largest absolute Gasteiger partial charge is 0.350 e. The van der Waals surface area contributed by atoms with Crippen LogP contribution in [-0.4, -0.2) is 28.7 Å². The third-order valence-electron chi connectivity index (χ3n) is 4.69. The third-order valence-corrected chi connectivity index (χ3v) is 4.69. The Hall–Kier alpha value is -2.66. The number of hydrogen-bond acceptors (Lipinski definition) is 3. The SMILES string of the molecule is Cc1[nH]nc2c(C(=O)NCC3Cc4ccccc4CN3)cccc12. The number of para-hydroxylation sites is 1. The number of aryl methyl sites for hydroxylation is 1. The number of amides is 1. The van der Waals surface area contributed by atoms with Crippen LogP contribution in [0.3, 0.4) is 0 Å². The molecule has 1 atom stereocenters. The fraction of sp³-hybridized carbons (Fsp3) is 0.263. The lowest BCUT2D eigenvalue weighted by Crippen LogP contribution is -2.44. The van der Waals surface area contributed by atoms with Crippen LogP contribution < -0.4 is 10.6 Å². The summed E-state index contributed by atoms with van der Waals surface area (Å²) in [6.07, 6.45) is 0.933. The zero-order valence-electron chi connectivity index (χ0n) is 13.6. The minimum atomic E-state index is -0.0761. The second-order valence-corrected chi connectivity index (χ2v) is 6.31. The standard InChI is InChI=1S/C19H20N4O/c1-12-16-7-4-8-17(18(16)23-22-12)19(24)21-11-15-9-13-5-2-3-6-14(13)10-20-15/h2-8,15,20H,9-11H2,1H3,(H,21,24)(H,22,23). The first kappa shape index (κ1) is 14.9. The van der Waals surface area contributed by atoms with Gasteiger partial charge in [0.25, 0.3) is 5.91 Å². The summed E-state index contributed by atoms with van der Waals surface area (Å²) < 4.78 is 0. The van der Waals surface area contributed by atoms with Crippen LogP contribution in [0.1, 0.15) is 27.2 Å². The molecule has 0 spiro atoms. The summed E-state index contributed by atoms with van der Waals surface area (Å²) in [5.74, 6) is -0.0761. The number of H-pyrrole nitrogens is 1. The highest BCUT2D eigenvalue weighted by Crippen LogP contribution is 2.19. The van der Waals surface area contributed by atoms with Crippen molar-refractivity contribution in [3.63, 3.8) is 0 Å². The lowest BCUT2D eigenvalue weighted by Gasteiger charge is -2.26. The molecule has 5 heteroatoms. The quantitative estimate of drug-likeness (QED) is 0.693. The Kier molecular flexibility index (Phi) is 3.78. The van der Waals surface area contributed by atoms with Crippen molar-refractivity contribution in [2.75, 3.05) is 6.54 Å². The molecule has 3 N–H and O–H groups in total. The van der Waals surface area contributed by atoms with Gasteiger partial charge in [0.15, 0.2) is 0 Å². The van der Waals surface area contributed by atoms with E-state index in [0.717, 1.165) is 29.6 Å². The first-order valence-corrected chi connectivity index (χ1v) is 8.24. The van der Waals surface area contributed by atoms with E-state index in [1.807, 2.05) is 25.1 Å². The molecule has 24 heavy (non-hydrogen) atoms. The van der Waals surface area contributed by atoms with Crippen molar-refractivity contribution >= 4 is 16.8 Å². The van der Waals surface area contributed by atoms with Crippen molar-refractivity contribution in [3.8, 4) is 0 Å². The summed E-state index contributed by atoms with van der Waals surface area (Å²) in [5.41, 5.74) is 5.03. The van der Waals surface area contributed by atoms with E-state index in [-0.39, 0.29) is 11.9 Å². The van der Waals surface area contributed by atoms with Gasteiger partial charge in [-0.1, -0.05) is 36.4 Å². The molecule has 0 fully saturated rings. The highest BCUT2D eigenvalue weighted by Gasteiger charge is 2.19. The lowest BCUT2D eigenvalue weighted by atomic mass is 9.96. The molecular formula is C19H20N4O. The fourth-order valence-corrected chi connectivity index (χ4v) is 3.33. The topological polar surface area (TPSA) is 69.8 Å². The van der Waals surface area contributed by atoms with E-state index in [2.05, 4.69) is 45.1 Å². The average molecular weight is 320 g/mol. The van der Waals surface area contributed by atoms with Gasteiger partial charge in [-0.15, -0.1) is 0 Å². The Balaban J connectivity index is 1.45. The number of carbonyl (C=O) groups is 1. The molecule has 1 aliphatic heterocycles. The molecule has 1 amide bonds. The zero-order chi connectivity index (χ0) is 16.5. The third kappa shape index (κ3) is 2.67. The van der Waals surface area contributed by atoms with Crippen molar-refractivity contribution in [1.82, 2.24) is 20.8 Å². The second kappa shape index (κ2) is 6.09. The minimum absolute atomic E-state index is 0.0761. The van der Waals surface area contributed by atoms with Crippen LogP contribution >= 0.6 is 0 Å². The number of carbonyl (C=O) groups excluding carboxylic acids is 1. The monoisotopic (exact) mass is 320 g/mol. The molecule has 2 aromatic carbocycles. The molecule has 2 heterocycles. The zero-order valence-corrected chi connectivity index (χ0v) is 13.6. The summed E-state index contributed by atoms with van der Waals surface area (Å²) >= 11 is 0. The van der Waals surface area contributed by atoms with E-state index >= 15 is 0 Å². The van der Waals surface area contributed by atoms with Crippen molar-refractivity contribution in [1.29, 1.82) is 0 Å². The maximum atomic E-state index is 12.6. The molecule has 0 saturated heterocycles. The van der Waals surface area contributed by atoms with E-state index in [0.29, 0.717) is 12.1 Å². The number of hydrogen-bond donors (Lipinski definition) is 3. The number of benzene rings is 2. The van der Waals surface area contributed by atoms with E-state index in [4.69, 9.17) is 0 Å². The second-order valence-electron chi connectivity index (χ2n) is 6.31. The van der Waals surface area contributed by atoms with E-state index in [9.17, 15) is 4.79 Å². The number of aromatic nitrogens is 2. The van der Waals surface area contributed by atoms with Gasteiger partial charge >= 0.3 is 0 Å². The van der Waals surface area contributed by atoms with Gasteiger partial charge in [-0.3, -0.25) is 9.89 Å². The Labute approximate surface area is 140 Å². The van der Waals surface area contributed by atoms with E-state index < -0.39 is 0 Å². The summed E-state index contributed by atoms with van der Waals surface area (Å²) in [6, 6.07) is 14.4. The highest BCUT2D eigenvalue weighted by molar-refractivity contribution is 6.05. The smallest absolute Gasteiger partial charge is 0.253 e. The molecule has 1 aliphatic rings. The van der Waals surface area contributed by atoms with Gasteiger partial charge < -0.3 is 10.6 Å². The number of fused-ring (bicyclic) bond motifs is 2. The number of rotatable bonds is 3. The van der Waals surface area contributed by atoms with Gasteiger partial charge in [0.05, 0.1) is 5.56 Å². The predicted octanol–water partition coefficient (Wildman–Crippen LogP) is 2.32. The van der Waals surface area contributed by atoms with Gasteiger partial charge in [-0.2, -0.15) is 5.10 Å². The molecule has 0 radical (unpaired) electrons. The Morgan fingerprint density at radius 3 is 2.92 bits per heavy atom. The molecule has 1 unspecified atom stereocenters. The van der Waals surface area contributed by atoms with Gasteiger partial charge in [-0.25, -0.2) is 0 Å². The first-order chi connectivity index (χ1) is 11.7. The molecule has 0 saturated carbocycles. The van der Waals surface area contributed by atoms with Crippen LogP contribution in [0.15, 0.2) is 42.5 Å². The van der Waals surface area contributed by atoms with Crippen LogP contribution in [0, 0.1) is 6.92 Å². The van der Waals surface area contributed by atoms with Crippen LogP contribution in [0.4, 0.5) is 0 Å². The summed E-state index contributed by atoms with van der Waals surface area (Å²) in [5, 5.41) is 14.7. The van der Waals surface area contributed by atoms with Crippen molar-refractivity contribution < 1.29 is 4.79 Å². The maximum Gasteiger partial charge on any atom is 0.253 e. The minimum Gasteiger partial charge on any atom is -0.350 e.